The first-order valence-corrected chi connectivity index (χ1v) is 6.83. The van der Waals surface area contributed by atoms with Gasteiger partial charge in [0.15, 0.2) is 5.78 Å². The summed E-state index contributed by atoms with van der Waals surface area (Å²) in [5.74, 6) is 1.11. The number of hydrogen-bond donors (Lipinski definition) is 0. The zero-order valence-corrected chi connectivity index (χ0v) is 10.2. The fourth-order valence-electron chi connectivity index (χ4n) is 4.46. The van der Waals surface area contributed by atoms with Crippen molar-refractivity contribution in [2.75, 3.05) is 0 Å². The molecule has 0 radical (unpaired) electrons. The molecule has 5 aliphatic rings. The van der Waals surface area contributed by atoms with Gasteiger partial charge in [0.1, 0.15) is 5.60 Å². The van der Waals surface area contributed by atoms with Crippen molar-refractivity contribution in [2.24, 2.45) is 23.7 Å². The number of hydrogen-bond acceptors (Lipinski definition) is 3. The van der Waals surface area contributed by atoms with Crippen LogP contribution >= 0.6 is 0 Å². The highest BCUT2D eigenvalue weighted by Crippen LogP contribution is 2.55. The monoisotopic (exact) mass is 244 g/mol. The van der Waals surface area contributed by atoms with Crippen molar-refractivity contribution in [3.63, 3.8) is 0 Å². The van der Waals surface area contributed by atoms with Crippen molar-refractivity contribution in [2.45, 2.75) is 31.3 Å². The minimum absolute atomic E-state index is 0.0460. The normalized spacial score (nSPS) is 48.7. The Kier molecular flexibility index (Phi) is 1.95. The highest BCUT2D eigenvalue weighted by molar-refractivity contribution is 5.94. The lowest BCUT2D eigenvalue weighted by Gasteiger charge is -2.51. The molecule has 1 heterocycles. The highest BCUT2D eigenvalue weighted by Gasteiger charge is 2.58. The predicted molar refractivity (Wildman–Crippen MR) is 64.5 cm³/mol. The summed E-state index contributed by atoms with van der Waals surface area (Å²) >= 11 is 0. The number of rotatable bonds is 0. The van der Waals surface area contributed by atoms with Crippen LogP contribution in [-0.2, 0) is 14.3 Å². The van der Waals surface area contributed by atoms with E-state index < -0.39 is 5.60 Å². The number of fused-ring (bicyclic) bond motifs is 1. The first kappa shape index (κ1) is 10.5. The van der Waals surface area contributed by atoms with Crippen molar-refractivity contribution < 1.29 is 14.3 Å². The molecule has 5 atom stereocenters. The Balaban J connectivity index is 1.82. The fourth-order valence-corrected chi connectivity index (χ4v) is 4.46. The van der Waals surface area contributed by atoms with Crippen LogP contribution in [0.25, 0.3) is 0 Å². The van der Waals surface area contributed by atoms with Crippen LogP contribution in [0.2, 0.25) is 0 Å². The van der Waals surface area contributed by atoms with Crippen LogP contribution < -0.4 is 0 Å². The first-order valence-electron chi connectivity index (χ1n) is 6.83. The number of carbonyl (C=O) groups excluding carboxylic acids is 2. The number of ether oxygens (including phenoxy) is 1. The van der Waals surface area contributed by atoms with E-state index >= 15 is 0 Å². The predicted octanol–water partition coefficient (Wildman–Crippen LogP) is 2.03. The molecule has 0 aromatic carbocycles. The maximum Gasteiger partial charge on any atom is 0.306 e. The van der Waals surface area contributed by atoms with Gasteiger partial charge >= 0.3 is 5.97 Å². The minimum Gasteiger partial charge on any atom is -0.454 e. The van der Waals surface area contributed by atoms with E-state index in [1.165, 1.54) is 0 Å². The third kappa shape index (κ3) is 1.20. The molecular formula is C15H16O3. The lowest BCUT2D eigenvalue weighted by molar-refractivity contribution is -0.158. The average molecular weight is 244 g/mol. The quantitative estimate of drug-likeness (QED) is 0.483. The molecule has 3 nitrogen and oxygen atoms in total. The van der Waals surface area contributed by atoms with Crippen molar-refractivity contribution >= 4 is 11.8 Å². The van der Waals surface area contributed by atoms with Gasteiger partial charge in [-0.05, 0) is 36.8 Å². The van der Waals surface area contributed by atoms with Crippen molar-refractivity contribution in [3.05, 3.63) is 24.3 Å². The summed E-state index contributed by atoms with van der Waals surface area (Å²) in [7, 11) is 0. The minimum atomic E-state index is -0.482. The number of esters is 1. The molecule has 2 fully saturated rings. The highest BCUT2D eigenvalue weighted by atomic mass is 16.6. The van der Waals surface area contributed by atoms with E-state index in [4.69, 9.17) is 4.74 Å². The Morgan fingerprint density at radius 2 is 1.94 bits per heavy atom. The second kappa shape index (κ2) is 3.34. The molecule has 0 N–H and O–H groups in total. The summed E-state index contributed by atoms with van der Waals surface area (Å²) in [5, 5.41) is 0. The lowest BCUT2D eigenvalue weighted by Crippen LogP contribution is -2.54. The van der Waals surface area contributed by atoms with Gasteiger partial charge in [-0.1, -0.05) is 12.2 Å². The van der Waals surface area contributed by atoms with Gasteiger partial charge in [-0.3, -0.25) is 9.59 Å². The van der Waals surface area contributed by atoms with Gasteiger partial charge in [0.2, 0.25) is 0 Å². The van der Waals surface area contributed by atoms with E-state index in [0.717, 1.165) is 19.3 Å². The zero-order valence-electron chi connectivity index (χ0n) is 10.2. The third-order valence-corrected chi connectivity index (χ3v) is 5.19. The summed E-state index contributed by atoms with van der Waals surface area (Å²) in [6.07, 6.45) is 11.4. The standard InChI is InChI=1S/C15H16O3/c16-11-5-7-15(8-6-12(17)18-15)14-10-3-1-9(2-4-10)13(11)14/h1,3,5,7,9-10,13-14H,2,4,6,8H2/t9-,10+,13+,14+,15+/m1/s1. The molecule has 0 aromatic heterocycles. The molecule has 1 saturated carbocycles. The average Bonchev–Trinajstić information content (AvgIpc) is 2.78. The summed E-state index contributed by atoms with van der Waals surface area (Å²) < 4.78 is 5.65. The van der Waals surface area contributed by atoms with E-state index in [1.807, 2.05) is 6.08 Å². The number of allylic oxidation sites excluding steroid dienone is 3. The SMILES string of the molecule is O=C1CC[C@]2(C=CC(=O)[C@H]3[C@@H]2[C@H]2C=C[C@@H]3CC2)O1. The number of carbonyl (C=O) groups is 2. The molecule has 0 unspecified atom stereocenters. The van der Waals surface area contributed by atoms with Gasteiger partial charge in [0.25, 0.3) is 0 Å². The second-order valence-electron chi connectivity index (χ2n) is 6.01. The summed E-state index contributed by atoms with van der Waals surface area (Å²) in [6, 6.07) is 0. The van der Waals surface area contributed by atoms with Crippen LogP contribution in [0.3, 0.4) is 0 Å². The maximum atomic E-state index is 12.2. The Morgan fingerprint density at radius 3 is 2.61 bits per heavy atom. The Bertz CT molecular complexity index is 490. The largest absolute Gasteiger partial charge is 0.454 e. The topological polar surface area (TPSA) is 43.4 Å². The Hall–Kier alpha value is -1.38. The summed E-state index contributed by atoms with van der Waals surface area (Å²) in [6.45, 7) is 0. The van der Waals surface area contributed by atoms with Gasteiger partial charge in [-0.15, -0.1) is 0 Å². The van der Waals surface area contributed by atoms with Crippen molar-refractivity contribution in [3.8, 4) is 0 Å². The maximum absolute atomic E-state index is 12.2. The second-order valence-corrected chi connectivity index (χ2v) is 6.01. The van der Waals surface area contributed by atoms with Gasteiger partial charge < -0.3 is 4.74 Å². The van der Waals surface area contributed by atoms with Crippen LogP contribution in [0.1, 0.15) is 25.7 Å². The molecule has 18 heavy (non-hydrogen) atoms. The molecule has 0 aromatic rings. The van der Waals surface area contributed by atoms with E-state index in [2.05, 4.69) is 12.2 Å². The molecule has 0 amide bonds. The van der Waals surface area contributed by atoms with Gasteiger partial charge in [0, 0.05) is 24.7 Å². The lowest BCUT2D eigenvalue weighted by atomic mass is 9.54. The fraction of sp³-hybridized carbons (Fsp3) is 0.600. The smallest absolute Gasteiger partial charge is 0.306 e. The molecule has 94 valence electrons. The summed E-state index contributed by atoms with van der Waals surface area (Å²) in [4.78, 5) is 23.7. The van der Waals surface area contributed by atoms with E-state index in [9.17, 15) is 9.59 Å². The van der Waals surface area contributed by atoms with Gasteiger partial charge in [-0.25, -0.2) is 0 Å². The van der Waals surface area contributed by atoms with E-state index in [1.54, 1.807) is 6.08 Å². The molecule has 1 saturated heterocycles. The van der Waals surface area contributed by atoms with Gasteiger partial charge in [-0.2, -0.15) is 0 Å². The van der Waals surface area contributed by atoms with Crippen molar-refractivity contribution in [1.82, 2.24) is 0 Å². The van der Waals surface area contributed by atoms with Crippen LogP contribution in [-0.4, -0.2) is 17.4 Å². The first-order chi connectivity index (χ1) is 8.70. The molecule has 2 bridgehead atoms. The molecule has 5 rings (SSSR count). The van der Waals surface area contributed by atoms with E-state index in [0.29, 0.717) is 18.3 Å². The zero-order chi connectivity index (χ0) is 12.3. The molecule has 4 aliphatic carbocycles. The Labute approximate surface area is 106 Å². The molecule has 1 aliphatic heterocycles. The van der Waals surface area contributed by atoms with Crippen LogP contribution in [0.4, 0.5) is 0 Å². The van der Waals surface area contributed by atoms with Crippen molar-refractivity contribution in [1.29, 1.82) is 0 Å². The number of ketones is 1. The third-order valence-electron chi connectivity index (χ3n) is 5.19. The van der Waals surface area contributed by atoms with Crippen LogP contribution in [0, 0.1) is 23.7 Å². The Morgan fingerprint density at radius 1 is 1.17 bits per heavy atom. The van der Waals surface area contributed by atoms with Crippen LogP contribution in [0.15, 0.2) is 24.3 Å². The molecular weight excluding hydrogens is 228 g/mol. The molecule has 3 heteroatoms. The van der Waals surface area contributed by atoms with Gasteiger partial charge in [0.05, 0.1) is 0 Å². The van der Waals surface area contributed by atoms with E-state index in [-0.39, 0.29) is 23.6 Å². The summed E-state index contributed by atoms with van der Waals surface area (Å²) in [5.41, 5.74) is -0.482. The molecule has 1 spiro atoms. The van der Waals surface area contributed by atoms with Crippen LogP contribution in [0.5, 0.6) is 0 Å².